The van der Waals surface area contributed by atoms with Gasteiger partial charge in [-0.05, 0) is 61.4 Å². The van der Waals surface area contributed by atoms with Crippen LogP contribution in [0.1, 0.15) is 37.0 Å². The van der Waals surface area contributed by atoms with Crippen molar-refractivity contribution in [2.24, 2.45) is 0 Å². The Bertz CT molecular complexity index is 811. The first-order valence-electron chi connectivity index (χ1n) is 10.3. The number of carbonyl (C=O) groups excluding carboxylic acids is 2. The number of ether oxygens (including phenoxy) is 1. The first kappa shape index (κ1) is 23.0. The van der Waals surface area contributed by atoms with Crippen molar-refractivity contribution < 1.29 is 14.3 Å². The van der Waals surface area contributed by atoms with Crippen LogP contribution in [0.4, 0.5) is 11.4 Å². The van der Waals surface area contributed by atoms with E-state index in [2.05, 4.69) is 31.1 Å². The van der Waals surface area contributed by atoms with E-state index in [4.69, 9.17) is 4.74 Å². The number of rotatable bonds is 12. The van der Waals surface area contributed by atoms with Crippen LogP contribution in [0.3, 0.4) is 0 Å². The van der Waals surface area contributed by atoms with E-state index in [0.717, 1.165) is 37.4 Å². The molecule has 2 amide bonds. The van der Waals surface area contributed by atoms with Gasteiger partial charge in [-0.3, -0.25) is 9.59 Å². The van der Waals surface area contributed by atoms with Crippen molar-refractivity contribution in [2.45, 2.75) is 26.7 Å². The van der Waals surface area contributed by atoms with E-state index in [1.54, 1.807) is 30.3 Å². The summed E-state index contributed by atoms with van der Waals surface area (Å²) in [5, 5.41) is 5.91. The van der Waals surface area contributed by atoms with E-state index in [0.29, 0.717) is 17.9 Å². The quantitative estimate of drug-likeness (QED) is 0.504. The van der Waals surface area contributed by atoms with Crippen LogP contribution >= 0.6 is 0 Å². The second kappa shape index (κ2) is 12.3. The minimum Gasteiger partial charge on any atom is -0.490 e. The molecule has 2 aromatic rings. The van der Waals surface area contributed by atoms with Crippen LogP contribution < -0.4 is 15.4 Å². The van der Waals surface area contributed by atoms with Gasteiger partial charge in [0.05, 0.1) is 6.54 Å². The van der Waals surface area contributed by atoms with Crippen LogP contribution in [0.5, 0.6) is 5.75 Å². The summed E-state index contributed by atoms with van der Waals surface area (Å²) in [7, 11) is 0. The zero-order valence-corrected chi connectivity index (χ0v) is 17.8. The van der Waals surface area contributed by atoms with Crippen LogP contribution in [0.2, 0.25) is 0 Å². The highest BCUT2D eigenvalue weighted by Crippen LogP contribution is 2.16. The maximum Gasteiger partial charge on any atom is 0.253 e. The zero-order valence-electron chi connectivity index (χ0n) is 17.8. The van der Waals surface area contributed by atoms with E-state index in [9.17, 15) is 9.59 Å². The maximum absolute atomic E-state index is 12.6. The highest BCUT2D eigenvalue weighted by Gasteiger charge is 2.14. The summed E-state index contributed by atoms with van der Waals surface area (Å²) in [5.74, 6) is 0.606. The third-order valence-electron chi connectivity index (χ3n) is 4.37. The van der Waals surface area contributed by atoms with E-state index in [-0.39, 0.29) is 18.4 Å². The van der Waals surface area contributed by atoms with Gasteiger partial charge in [-0.1, -0.05) is 26.5 Å². The van der Waals surface area contributed by atoms with E-state index in [1.807, 2.05) is 29.2 Å². The number of anilines is 2. The average Bonchev–Trinajstić information content (AvgIpc) is 2.77. The number of hydrogen-bond donors (Lipinski definition) is 2. The Morgan fingerprint density at radius 2 is 1.57 bits per heavy atom. The topological polar surface area (TPSA) is 70.7 Å². The summed E-state index contributed by atoms with van der Waals surface area (Å²) in [6, 6.07) is 14.4. The Morgan fingerprint density at radius 1 is 0.967 bits per heavy atom. The van der Waals surface area contributed by atoms with Gasteiger partial charge in [-0.15, -0.1) is 0 Å². The minimum absolute atomic E-state index is 0.0266. The summed E-state index contributed by atoms with van der Waals surface area (Å²) in [6.07, 6.45) is 3.54. The number of amides is 2. The third kappa shape index (κ3) is 7.28. The number of carbonyl (C=O) groups is 2. The maximum atomic E-state index is 12.6. The van der Waals surface area contributed by atoms with Crippen LogP contribution in [0.25, 0.3) is 0 Å². The smallest absolute Gasteiger partial charge is 0.253 e. The molecule has 0 fully saturated rings. The molecular weight excluding hydrogens is 378 g/mol. The highest BCUT2D eigenvalue weighted by atomic mass is 16.5. The molecule has 0 aliphatic rings. The number of nitrogens with zero attached hydrogens (tertiary/aromatic N) is 1. The number of nitrogens with one attached hydrogen (secondary N) is 2. The summed E-state index contributed by atoms with van der Waals surface area (Å²) < 4.78 is 5.43. The van der Waals surface area contributed by atoms with E-state index in [1.165, 1.54) is 0 Å². The second-order valence-corrected chi connectivity index (χ2v) is 6.90. The molecule has 0 unspecified atom stereocenters. The average molecular weight is 410 g/mol. The van der Waals surface area contributed by atoms with Gasteiger partial charge >= 0.3 is 0 Å². The normalized spacial score (nSPS) is 10.2. The molecule has 0 aromatic heterocycles. The van der Waals surface area contributed by atoms with Gasteiger partial charge in [0.2, 0.25) is 5.91 Å². The van der Waals surface area contributed by atoms with Gasteiger partial charge in [0, 0.05) is 30.0 Å². The molecular formula is C24H31N3O3. The van der Waals surface area contributed by atoms with Gasteiger partial charge in [0.15, 0.2) is 0 Å². The largest absolute Gasteiger partial charge is 0.490 e. The van der Waals surface area contributed by atoms with Gasteiger partial charge in [-0.2, -0.15) is 0 Å². The Kier molecular flexibility index (Phi) is 9.45. The van der Waals surface area contributed by atoms with Crippen molar-refractivity contribution >= 4 is 23.2 Å². The highest BCUT2D eigenvalue weighted by molar-refractivity contribution is 5.96. The Morgan fingerprint density at radius 3 is 2.13 bits per heavy atom. The fraction of sp³-hybridized carbons (Fsp3) is 0.333. The second-order valence-electron chi connectivity index (χ2n) is 6.90. The van der Waals surface area contributed by atoms with Crippen LogP contribution in [-0.4, -0.2) is 43.0 Å². The van der Waals surface area contributed by atoms with Gasteiger partial charge < -0.3 is 20.3 Å². The molecule has 0 aliphatic carbocycles. The van der Waals surface area contributed by atoms with Crippen molar-refractivity contribution in [2.75, 3.05) is 36.9 Å². The minimum atomic E-state index is -0.167. The van der Waals surface area contributed by atoms with Crippen molar-refractivity contribution in [3.8, 4) is 5.75 Å². The molecule has 2 aromatic carbocycles. The van der Waals surface area contributed by atoms with Gasteiger partial charge in [0.25, 0.3) is 5.91 Å². The monoisotopic (exact) mass is 409 g/mol. The molecule has 2 N–H and O–H groups in total. The fourth-order valence-corrected chi connectivity index (χ4v) is 2.95. The third-order valence-corrected chi connectivity index (χ3v) is 4.37. The molecule has 30 heavy (non-hydrogen) atoms. The predicted octanol–water partition coefficient (Wildman–Crippen LogP) is 4.56. The van der Waals surface area contributed by atoms with Crippen LogP contribution in [0, 0.1) is 0 Å². The molecule has 0 saturated carbocycles. The Hall–Kier alpha value is -3.28. The van der Waals surface area contributed by atoms with Crippen molar-refractivity contribution in [3.05, 3.63) is 66.7 Å². The zero-order chi connectivity index (χ0) is 21.8. The molecule has 160 valence electrons. The van der Waals surface area contributed by atoms with E-state index < -0.39 is 0 Å². The standard InChI is InChI=1S/C24H31N3O3/c1-4-15-27(16-5-2)24(29)19-7-9-21(10-8-19)26-23(28)18-25-20-11-13-22(14-12-20)30-17-6-3/h6-14,25H,3-5,15-18H2,1-2H3,(H,26,28). The van der Waals surface area contributed by atoms with Crippen molar-refractivity contribution in [3.63, 3.8) is 0 Å². The molecule has 0 atom stereocenters. The molecule has 2 rings (SSSR count). The number of benzene rings is 2. The van der Waals surface area contributed by atoms with Crippen LogP contribution in [-0.2, 0) is 4.79 Å². The first-order chi connectivity index (χ1) is 14.6. The van der Waals surface area contributed by atoms with Crippen LogP contribution in [0.15, 0.2) is 61.2 Å². The molecule has 0 radical (unpaired) electrons. The summed E-state index contributed by atoms with van der Waals surface area (Å²) in [4.78, 5) is 26.7. The Balaban J connectivity index is 1.85. The Labute approximate surface area is 178 Å². The van der Waals surface area contributed by atoms with Gasteiger partial charge in [0.1, 0.15) is 12.4 Å². The molecule has 0 aliphatic heterocycles. The summed E-state index contributed by atoms with van der Waals surface area (Å²) >= 11 is 0. The lowest BCUT2D eigenvalue weighted by molar-refractivity contribution is -0.114. The summed E-state index contributed by atoms with van der Waals surface area (Å²) in [6.45, 7) is 9.82. The predicted molar refractivity (Wildman–Crippen MR) is 122 cm³/mol. The molecule has 0 heterocycles. The lowest BCUT2D eigenvalue weighted by atomic mass is 10.1. The van der Waals surface area contributed by atoms with Gasteiger partial charge in [-0.25, -0.2) is 0 Å². The molecule has 6 heteroatoms. The summed E-state index contributed by atoms with van der Waals surface area (Å²) in [5.41, 5.74) is 2.11. The molecule has 0 spiro atoms. The number of hydrogen-bond acceptors (Lipinski definition) is 4. The molecule has 6 nitrogen and oxygen atoms in total. The van der Waals surface area contributed by atoms with Crippen molar-refractivity contribution in [1.29, 1.82) is 0 Å². The molecule has 0 saturated heterocycles. The fourth-order valence-electron chi connectivity index (χ4n) is 2.95. The first-order valence-corrected chi connectivity index (χ1v) is 10.3. The van der Waals surface area contributed by atoms with E-state index >= 15 is 0 Å². The molecule has 0 bridgehead atoms. The lowest BCUT2D eigenvalue weighted by Gasteiger charge is -2.21. The lowest BCUT2D eigenvalue weighted by Crippen LogP contribution is -2.32. The SMILES string of the molecule is C=CCOc1ccc(NCC(=O)Nc2ccc(C(=O)N(CCC)CCC)cc2)cc1. The van der Waals surface area contributed by atoms with Crippen molar-refractivity contribution in [1.82, 2.24) is 4.90 Å².